The maximum atomic E-state index is 13.7. The lowest BCUT2D eigenvalue weighted by Gasteiger charge is -2.19. The lowest BCUT2D eigenvalue weighted by molar-refractivity contribution is 0.551. The van der Waals surface area contributed by atoms with Crippen molar-refractivity contribution in [3.05, 3.63) is 47.5 Å². The van der Waals surface area contributed by atoms with E-state index < -0.39 is 0 Å². The second-order valence-corrected chi connectivity index (χ2v) is 4.41. The van der Waals surface area contributed by atoms with Gasteiger partial charge in [-0.2, -0.15) is 5.10 Å². The van der Waals surface area contributed by atoms with Crippen molar-refractivity contribution in [1.82, 2.24) is 9.78 Å². The molecule has 1 aromatic carbocycles. The highest BCUT2D eigenvalue weighted by atomic mass is 35.5. The van der Waals surface area contributed by atoms with Crippen LogP contribution in [0.4, 0.5) is 4.39 Å². The van der Waals surface area contributed by atoms with Crippen molar-refractivity contribution in [2.75, 3.05) is 0 Å². The van der Waals surface area contributed by atoms with E-state index in [4.69, 9.17) is 5.73 Å². The Labute approximate surface area is 111 Å². The van der Waals surface area contributed by atoms with Gasteiger partial charge in [0.2, 0.25) is 0 Å². The summed E-state index contributed by atoms with van der Waals surface area (Å²) in [4.78, 5) is 0. The molecule has 18 heavy (non-hydrogen) atoms. The first-order chi connectivity index (χ1) is 8.27. The van der Waals surface area contributed by atoms with Gasteiger partial charge in [-0.1, -0.05) is 12.1 Å². The number of rotatable bonds is 1. The molecule has 1 aliphatic rings. The zero-order valence-electron chi connectivity index (χ0n) is 9.84. The van der Waals surface area contributed by atoms with E-state index >= 15 is 0 Å². The van der Waals surface area contributed by atoms with E-state index in [-0.39, 0.29) is 24.3 Å². The molecule has 1 aliphatic carbocycles. The van der Waals surface area contributed by atoms with Crippen LogP contribution in [0.25, 0.3) is 5.69 Å². The second-order valence-electron chi connectivity index (χ2n) is 4.41. The maximum Gasteiger partial charge on any atom is 0.148 e. The minimum absolute atomic E-state index is 0. The standard InChI is InChI=1S/C13H14FN3.ClH/c14-10-4-1-2-6-13(10)17-12-7-3-5-11(15)9(12)8-16-17;/h1-2,4,6,8,11H,3,5,7,15H2;1H/t11-;/m1./s1. The Balaban J connectivity index is 0.00000120. The van der Waals surface area contributed by atoms with Crippen LogP contribution in [0.15, 0.2) is 30.5 Å². The summed E-state index contributed by atoms with van der Waals surface area (Å²) in [6.07, 6.45) is 4.70. The fourth-order valence-corrected chi connectivity index (χ4v) is 2.42. The molecule has 0 bridgehead atoms. The highest BCUT2D eigenvalue weighted by Gasteiger charge is 2.22. The predicted octanol–water partition coefficient (Wildman–Crippen LogP) is 2.77. The Bertz CT molecular complexity index is 553. The Hall–Kier alpha value is -1.39. The lowest BCUT2D eigenvalue weighted by atomic mass is 9.94. The smallest absolute Gasteiger partial charge is 0.148 e. The van der Waals surface area contributed by atoms with Crippen LogP contribution in [0.5, 0.6) is 0 Å². The van der Waals surface area contributed by atoms with Gasteiger partial charge in [0.05, 0.1) is 6.20 Å². The first kappa shape index (κ1) is 13.1. The topological polar surface area (TPSA) is 43.8 Å². The Morgan fingerprint density at radius 3 is 2.89 bits per heavy atom. The summed E-state index contributed by atoms with van der Waals surface area (Å²) in [5, 5.41) is 4.28. The molecule has 0 fully saturated rings. The number of aromatic nitrogens is 2. The van der Waals surface area contributed by atoms with Gasteiger partial charge in [0, 0.05) is 17.3 Å². The molecule has 3 rings (SSSR count). The third kappa shape index (κ3) is 2.02. The van der Waals surface area contributed by atoms with Gasteiger partial charge in [-0.3, -0.25) is 0 Å². The molecule has 2 N–H and O–H groups in total. The summed E-state index contributed by atoms with van der Waals surface area (Å²) < 4.78 is 15.4. The van der Waals surface area contributed by atoms with E-state index in [1.54, 1.807) is 23.0 Å². The molecule has 0 saturated heterocycles. The molecule has 0 aliphatic heterocycles. The average Bonchev–Trinajstić information content (AvgIpc) is 2.75. The van der Waals surface area contributed by atoms with Crippen LogP contribution in [0.1, 0.15) is 30.1 Å². The Kier molecular flexibility index (Phi) is 3.68. The molecular formula is C13H15ClFN3. The van der Waals surface area contributed by atoms with E-state index in [1.165, 1.54) is 6.07 Å². The molecule has 0 saturated carbocycles. The maximum absolute atomic E-state index is 13.7. The molecule has 5 heteroatoms. The van der Waals surface area contributed by atoms with Gasteiger partial charge in [0.25, 0.3) is 0 Å². The number of halogens is 2. The molecule has 96 valence electrons. The average molecular weight is 268 g/mol. The van der Waals surface area contributed by atoms with Gasteiger partial charge in [0.1, 0.15) is 11.5 Å². The lowest BCUT2D eigenvalue weighted by Crippen LogP contribution is -2.18. The number of hydrogen-bond donors (Lipinski definition) is 1. The summed E-state index contributed by atoms with van der Waals surface area (Å²) in [6.45, 7) is 0. The largest absolute Gasteiger partial charge is 0.324 e. The summed E-state index contributed by atoms with van der Waals surface area (Å²) in [5.74, 6) is -0.252. The number of nitrogens with zero attached hydrogens (tertiary/aromatic N) is 2. The first-order valence-corrected chi connectivity index (χ1v) is 5.84. The molecular weight excluding hydrogens is 253 g/mol. The molecule has 0 unspecified atom stereocenters. The van der Waals surface area contributed by atoms with Crippen molar-refractivity contribution >= 4 is 12.4 Å². The third-order valence-electron chi connectivity index (χ3n) is 3.31. The van der Waals surface area contributed by atoms with Gasteiger partial charge in [-0.15, -0.1) is 12.4 Å². The van der Waals surface area contributed by atoms with Crippen molar-refractivity contribution in [2.45, 2.75) is 25.3 Å². The van der Waals surface area contributed by atoms with Crippen LogP contribution >= 0.6 is 12.4 Å². The van der Waals surface area contributed by atoms with Crippen molar-refractivity contribution in [2.24, 2.45) is 5.73 Å². The SMILES string of the molecule is Cl.N[C@@H]1CCCc2c1cnn2-c1ccccc1F. The first-order valence-electron chi connectivity index (χ1n) is 5.84. The normalized spacial score (nSPS) is 18.0. The molecule has 3 nitrogen and oxygen atoms in total. The van der Waals surface area contributed by atoms with Crippen molar-refractivity contribution in [3.8, 4) is 5.69 Å². The van der Waals surface area contributed by atoms with Crippen LogP contribution in [0.2, 0.25) is 0 Å². The van der Waals surface area contributed by atoms with Crippen LogP contribution < -0.4 is 5.73 Å². The Morgan fingerprint density at radius 2 is 2.11 bits per heavy atom. The predicted molar refractivity (Wildman–Crippen MR) is 70.6 cm³/mol. The van der Waals surface area contributed by atoms with E-state index in [9.17, 15) is 4.39 Å². The minimum atomic E-state index is -0.252. The molecule has 0 radical (unpaired) electrons. The highest BCUT2D eigenvalue weighted by Crippen LogP contribution is 2.29. The summed E-state index contributed by atoms with van der Waals surface area (Å²) in [6, 6.07) is 6.73. The monoisotopic (exact) mass is 267 g/mol. The highest BCUT2D eigenvalue weighted by molar-refractivity contribution is 5.85. The quantitative estimate of drug-likeness (QED) is 0.863. The molecule has 1 heterocycles. The summed E-state index contributed by atoms with van der Waals surface area (Å²) >= 11 is 0. The van der Waals surface area contributed by atoms with Gasteiger partial charge in [-0.25, -0.2) is 9.07 Å². The summed E-state index contributed by atoms with van der Waals surface area (Å²) in [5.41, 5.74) is 8.64. The van der Waals surface area contributed by atoms with Crippen LogP contribution in [0.3, 0.4) is 0 Å². The Morgan fingerprint density at radius 1 is 1.33 bits per heavy atom. The van der Waals surface area contributed by atoms with Gasteiger partial charge < -0.3 is 5.73 Å². The van der Waals surface area contributed by atoms with Crippen LogP contribution in [-0.2, 0) is 6.42 Å². The summed E-state index contributed by atoms with van der Waals surface area (Å²) in [7, 11) is 0. The van der Waals surface area contributed by atoms with Crippen LogP contribution in [-0.4, -0.2) is 9.78 Å². The van der Waals surface area contributed by atoms with E-state index in [0.29, 0.717) is 5.69 Å². The molecule has 1 aromatic heterocycles. The zero-order chi connectivity index (χ0) is 11.8. The minimum Gasteiger partial charge on any atom is -0.324 e. The van der Waals surface area contributed by atoms with Crippen molar-refractivity contribution < 1.29 is 4.39 Å². The van der Waals surface area contributed by atoms with Gasteiger partial charge >= 0.3 is 0 Å². The number of hydrogen-bond acceptors (Lipinski definition) is 2. The van der Waals surface area contributed by atoms with Crippen molar-refractivity contribution in [1.29, 1.82) is 0 Å². The third-order valence-corrected chi connectivity index (χ3v) is 3.31. The number of benzene rings is 1. The van der Waals surface area contributed by atoms with Gasteiger partial charge in [0.15, 0.2) is 0 Å². The van der Waals surface area contributed by atoms with E-state index in [2.05, 4.69) is 5.10 Å². The molecule has 0 spiro atoms. The second kappa shape index (κ2) is 5.08. The van der Waals surface area contributed by atoms with Gasteiger partial charge in [-0.05, 0) is 31.4 Å². The number of nitrogens with two attached hydrogens (primary N) is 1. The number of fused-ring (bicyclic) bond motifs is 1. The molecule has 0 amide bonds. The fourth-order valence-electron chi connectivity index (χ4n) is 2.42. The molecule has 1 atom stereocenters. The zero-order valence-corrected chi connectivity index (χ0v) is 10.7. The van der Waals surface area contributed by atoms with E-state index in [0.717, 1.165) is 30.5 Å². The van der Waals surface area contributed by atoms with Crippen molar-refractivity contribution in [3.63, 3.8) is 0 Å². The fraction of sp³-hybridized carbons (Fsp3) is 0.308. The van der Waals surface area contributed by atoms with Crippen LogP contribution in [0, 0.1) is 5.82 Å². The van der Waals surface area contributed by atoms with E-state index in [1.807, 2.05) is 6.07 Å². The number of para-hydroxylation sites is 1. The molecule has 2 aromatic rings.